The van der Waals surface area contributed by atoms with E-state index in [0.29, 0.717) is 16.9 Å². The monoisotopic (exact) mass is 300 g/mol. The third kappa shape index (κ3) is 3.23. The van der Waals surface area contributed by atoms with Gasteiger partial charge in [-0.05, 0) is 19.4 Å². The first-order chi connectivity index (χ1) is 10.1. The van der Waals surface area contributed by atoms with Gasteiger partial charge in [-0.1, -0.05) is 29.8 Å². The third-order valence-corrected chi connectivity index (χ3v) is 4.22. The Labute approximate surface area is 127 Å². The molecule has 0 spiro atoms. The summed E-state index contributed by atoms with van der Waals surface area (Å²) >= 11 is 1.24. The molecule has 4 nitrogen and oxygen atoms in total. The summed E-state index contributed by atoms with van der Waals surface area (Å²) < 4.78 is 4.97. The Morgan fingerprint density at radius 1 is 1.48 bits per heavy atom. The summed E-state index contributed by atoms with van der Waals surface area (Å²) in [7, 11) is 0. The maximum absolute atomic E-state index is 11.9. The maximum atomic E-state index is 11.9. The molecule has 1 heterocycles. The predicted molar refractivity (Wildman–Crippen MR) is 83.4 cm³/mol. The van der Waals surface area contributed by atoms with E-state index in [-0.39, 0.29) is 12.3 Å². The minimum atomic E-state index is -0.466. The molecule has 0 saturated carbocycles. The molecule has 0 radical (unpaired) electrons. The molecule has 2 aromatic rings. The Morgan fingerprint density at radius 3 is 2.86 bits per heavy atom. The molecule has 0 aliphatic rings. The van der Waals surface area contributed by atoms with Gasteiger partial charge >= 0.3 is 5.97 Å². The van der Waals surface area contributed by atoms with E-state index in [1.807, 2.05) is 25.1 Å². The number of thiophene rings is 1. The SMILES string of the molecule is CCOC(=O)c1sc(Cc2cccc(C)c2)c(C#N)c1N. The summed E-state index contributed by atoms with van der Waals surface area (Å²) in [6.07, 6.45) is 0.582. The molecule has 0 bridgehead atoms. The van der Waals surface area contributed by atoms with E-state index in [0.717, 1.165) is 16.0 Å². The molecule has 1 aromatic heterocycles. The molecule has 2 rings (SSSR count). The van der Waals surface area contributed by atoms with E-state index in [1.165, 1.54) is 11.3 Å². The zero-order chi connectivity index (χ0) is 15.4. The molecular weight excluding hydrogens is 284 g/mol. The Balaban J connectivity index is 2.38. The molecule has 2 N–H and O–H groups in total. The Kier molecular flexibility index (Phi) is 4.61. The Hall–Kier alpha value is -2.32. The quantitative estimate of drug-likeness (QED) is 0.879. The number of nitrogens with zero attached hydrogens (tertiary/aromatic N) is 1. The number of carbonyl (C=O) groups excluding carboxylic acids is 1. The number of hydrogen-bond acceptors (Lipinski definition) is 5. The lowest BCUT2D eigenvalue weighted by atomic mass is 10.1. The van der Waals surface area contributed by atoms with Crippen molar-refractivity contribution in [2.45, 2.75) is 20.3 Å². The summed E-state index contributed by atoms with van der Waals surface area (Å²) in [5, 5.41) is 9.28. The summed E-state index contributed by atoms with van der Waals surface area (Å²) in [4.78, 5) is 13.0. The predicted octanol–water partition coefficient (Wildman–Crippen LogP) is 3.28. The Bertz CT molecular complexity index is 714. The fraction of sp³-hybridized carbons (Fsp3) is 0.250. The van der Waals surface area contributed by atoms with Crippen LogP contribution >= 0.6 is 11.3 Å². The number of benzene rings is 1. The number of nitriles is 1. The van der Waals surface area contributed by atoms with E-state index in [9.17, 15) is 10.1 Å². The zero-order valence-electron chi connectivity index (χ0n) is 12.0. The van der Waals surface area contributed by atoms with Gasteiger partial charge in [0, 0.05) is 11.3 Å². The molecule has 0 atom stereocenters. The highest BCUT2D eigenvalue weighted by Gasteiger charge is 2.21. The van der Waals surface area contributed by atoms with Crippen LogP contribution in [-0.4, -0.2) is 12.6 Å². The number of carbonyl (C=O) groups is 1. The number of hydrogen-bond donors (Lipinski definition) is 1. The van der Waals surface area contributed by atoms with Crippen molar-refractivity contribution in [2.75, 3.05) is 12.3 Å². The van der Waals surface area contributed by atoms with Gasteiger partial charge in [-0.3, -0.25) is 0 Å². The summed E-state index contributed by atoms with van der Waals surface area (Å²) in [6.45, 7) is 4.04. The van der Waals surface area contributed by atoms with Crippen LogP contribution in [0.15, 0.2) is 24.3 Å². The second kappa shape index (κ2) is 6.42. The number of nitrogens with two attached hydrogens (primary N) is 1. The summed E-state index contributed by atoms with van der Waals surface area (Å²) in [5.74, 6) is -0.466. The number of anilines is 1. The average molecular weight is 300 g/mol. The maximum Gasteiger partial charge on any atom is 0.350 e. The van der Waals surface area contributed by atoms with Gasteiger partial charge in [-0.25, -0.2) is 4.79 Å². The van der Waals surface area contributed by atoms with Crippen LogP contribution in [0.25, 0.3) is 0 Å². The molecule has 108 valence electrons. The van der Waals surface area contributed by atoms with Crippen molar-refractivity contribution in [3.63, 3.8) is 0 Å². The lowest BCUT2D eigenvalue weighted by molar-refractivity contribution is 0.0533. The minimum Gasteiger partial charge on any atom is -0.462 e. The van der Waals surface area contributed by atoms with Crippen LogP contribution in [0.3, 0.4) is 0 Å². The van der Waals surface area contributed by atoms with Gasteiger partial charge in [-0.15, -0.1) is 11.3 Å². The van der Waals surface area contributed by atoms with E-state index in [2.05, 4.69) is 12.1 Å². The highest BCUT2D eigenvalue weighted by Crippen LogP contribution is 2.33. The van der Waals surface area contributed by atoms with Crippen molar-refractivity contribution < 1.29 is 9.53 Å². The van der Waals surface area contributed by atoms with Crippen molar-refractivity contribution in [2.24, 2.45) is 0 Å². The van der Waals surface area contributed by atoms with Crippen LogP contribution in [0.4, 0.5) is 5.69 Å². The van der Waals surface area contributed by atoms with Gasteiger partial charge in [0.1, 0.15) is 10.9 Å². The number of esters is 1. The molecule has 0 unspecified atom stereocenters. The van der Waals surface area contributed by atoms with E-state index in [4.69, 9.17) is 10.5 Å². The summed E-state index contributed by atoms with van der Waals surface area (Å²) in [5.41, 5.74) is 8.76. The number of aryl methyl sites for hydroxylation is 1. The van der Waals surface area contributed by atoms with E-state index >= 15 is 0 Å². The van der Waals surface area contributed by atoms with Crippen molar-refractivity contribution in [1.82, 2.24) is 0 Å². The van der Waals surface area contributed by atoms with Gasteiger partial charge < -0.3 is 10.5 Å². The van der Waals surface area contributed by atoms with Crippen LogP contribution in [0.2, 0.25) is 0 Å². The summed E-state index contributed by atoms with van der Waals surface area (Å²) in [6, 6.07) is 10.1. The van der Waals surface area contributed by atoms with Crippen LogP contribution in [0.1, 0.15) is 38.2 Å². The fourth-order valence-electron chi connectivity index (χ4n) is 2.10. The zero-order valence-corrected chi connectivity index (χ0v) is 12.8. The molecule has 0 amide bonds. The molecular formula is C16H16N2O2S. The molecule has 21 heavy (non-hydrogen) atoms. The van der Waals surface area contributed by atoms with Gasteiger partial charge in [0.15, 0.2) is 0 Å². The van der Waals surface area contributed by atoms with Crippen molar-refractivity contribution in [1.29, 1.82) is 5.26 Å². The van der Waals surface area contributed by atoms with Crippen LogP contribution < -0.4 is 5.73 Å². The first-order valence-corrected chi connectivity index (χ1v) is 7.42. The second-order valence-corrected chi connectivity index (χ2v) is 5.75. The molecule has 0 fully saturated rings. The molecule has 0 aliphatic heterocycles. The molecule has 1 aromatic carbocycles. The normalized spacial score (nSPS) is 10.1. The highest BCUT2D eigenvalue weighted by molar-refractivity contribution is 7.14. The minimum absolute atomic E-state index is 0.226. The second-order valence-electron chi connectivity index (χ2n) is 4.64. The fourth-order valence-corrected chi connectivity index (χ4v) is 3.19. The Morgan fingerprint density at radius 2 is 2.24 bits per heavy atom. The van der Waals surface area contributed by atoms with E-state index < -0.39 is 5.97 Å². The molecule has 0 aliphatic carbocycles. The van der Waals surface area contributed by atoms with Crippen LogP contribution in [0.5, 0.6) is 0 Å². The van der Waals surface area contributed by atoms with Crippen molar-refractivity contribution >= 4 is 23.0 Å². The van der Waals surface area contributed by atoms with Gasteiger partial charge in [0.2, 0.25) is 0 Å². The first-order valence-electron chi connectivity index (χ1n) is 6.60. The topological polar surface area (TPSA) is 76.1 Å². The first kappa shape index (κ1) is 15.1. The van der Waals surface area contributed by atoms with Crippen molar-refractivity contribution in [3.05, 3.63) is 50.7 Å². The smallest absolute Gasteiger partial charge is 0.350 e. The number of rotatable bonds is 4. The molecule has 0 saturated heterocycles. The third-order valence-electron chi connectivity index (χ3n) is 3.04. The number of ether oxygens (including phenoxy) is 1. The van der Waals surface area contributed by atoms with Gasteiger partial charge in [0.25, 0.3) is 0 Å². The van der Waals surface area contributed by atoms with Gasteiger partial charge in [0.05, 0.1) is 17.9 Å². The average Bonchev–Trinajstić information content (AvgIpc) is 2.75. The lowest BCUT2D eigenvalue weighted by Gasteiger charge is -2.01. The lowest BCUT2D eigenvalue weighted by Crippen LogP contribution is -2.05. The largest absolute Gasteiger partial charge is 0.462 e. The van der Waals surface area contributed by atoms with Crippen LogP contribution in [-0.2, 0) is 11.2 Å². The van der Waals surface area contributed by atoms with Gasteiger partial charge in [-0.2, -0.15) is 5.26 Å². The van der Waals surface area contributed by atoms with Crippen molar-refractivity contribution in [3.8, 4) is 6.07 Å². The highest BCUT2D eigenvalue weighted by atomic mass is 32.1. The van der Waals surface area contributed by atoms with Crippen LogP contribution in [0, 0.1) is 18.3 Å². The number of nitrogen functional groups attached to an aromatic ring is 1. The standard InChI is InChI=1S/C16H16N2O2S/c1-3-20-16(19)15-14(18)12(9-17)13(21-15)8-11-6-4-5-10(2)7-11/h4-7H,3,8,18H2,1-2H3. The molecule has 5 heteroatoms. The van der Waals surface area contributed by atoms with E-state index in [1.54, 1.807) is 6.92 Å².